The summed E-state index contributed by atoms with van der Waals surface area (Å²) in [6, 6.07) is 5.33. The number of benzene rings is 1. The van der Waals surface area contributed by atoms with E-state index < -0.39 is 0 Å². The molecule has 0 aromatic heterocycles. The number of hydrogen-bond acceptors (Lipinski definition) is 3. The Morgan fingerprint density at radius 2 is 1.88 bits per heavy atom. The number of nitrogens with two attached hydrogens (primary N) is 1. The van der Waals surface area contributed by atoms with E-state index in [1.165, 1.54) is 13.8 Å². The fourth-order valence-electron chi connectivity index (χ4n) is 1.75. The zero-order valence-corrected chi connectivity index (χ0v) is 10.6. The summed E-state index contributed by atoms with van der Waals surface area (Å²) in [5.74, 6) is 0.0434. The summed E-state index contributed by atoms with van der Waals surface area (Å²) in [4.78, 5) is 22.8. The molecule has 17 heavy (non-hydrogen) atoms. The van der Waals surface area contributed by atoms with Gasteiger partial charge >= 0.3 is 0 Å². The van der Waals surface area contributed by atoms with Gasteiger partial charge in [-0.05, 0) is 45.2 Å². The first-order valence-corrected chi connectivity index (χ1v) is 5.82. The number of carbonyl (C=O) groups excluding carboxylic acids is 2. The summed E-state index contributed by atoms with van der Waals surface area (Å²) >= 11 is 0. The van der Waals surface area contributed by atoms with Crippen molar-refractivity contribution in [3.8, 4) is 0 Å². The van der Waals surface area contributed by atoms with Gasteiger partial charge in [-0.1, -0.05) is 12.1 Å². The van der Waals surface area contributed by atoms with Crippen LogP contribution in [0.4, 0.5) is 0 Å². The highest BCUT2D eigenvalue weighted by molar-refractivity contribution is 5.99. The lowest BCUT2D eigenvalue weighted by Gasteiger charge is -2.10. The Balaban J connectivity index is 3.07. The van der Waals surface area contributed by atoms with Gasteiger partial charge < -0.3 is 5.73 Å². The molecule has 1 unspecified atom stereocenters. The van der Waals surface area contributed by atoms with Crippen LogP contribution >= 0.6 is 0 Å². The molecule has 92 valence electrons. The Kier molecular flexibility index (Phi) is 4.58. The van der Waals surface area contributed by atoms with Gasteiger partial charge in [0.25, 0.3) is 0 Å². The average Bonchev–Trinajstić information content (AvgIpc) is 2.25. The van der Waals surface area contributed by atoms with Crippen molar-refractivity contribution in [3.63, 3.8) is 0 Å². The molecule has 0 spiro atoms. The molecule has 0 aliphatic rings. The summed E-state index contributed by atoms with van der Waals surface area (Å²) in [6.07, 6.45) is 1.54. The second-order valence-electron chi connectivity index (χ2n) is 4.50. The van der Waals surface area contributed by atoms with Crippen molar-refractivity contribution in [1.82, 2.24) is 0 Å². The zero-order chi connectivity index (χ0) is 13.0. The predicted molar refractivity (Wildman–Crippen MR) is 68.4 cm³/mol. The maximum absolute atomic E-state index is 11.5. The standard InChI is InChI=1S/C14H19NO2/c1-9(15)4-5-13-8-12(10(2)16)6-7-14(13)11(3)17/h6-9H,4-5,15H2,1-3H3. The molecule has 3 nitrogen and oxygen atoms in total. The summed E-state index contributed by atoms with van der Waals surface area (Å²) in [5, 5.41) is 0. The van der Waals surface area contributed by atoms with E-state index in [9.17, 15) is 9.59 Å². The van der Waals surface area contributed by atoms with E-state index in [-0.39, 0.29) is 17.6 Å². The van der Waals surface area contributed by atoms with Crippen LogP contribution in [0.15, 0.2) is 18.2 Å². The summed E-state index contributed by atoms with van der Waals surface area (Å²) in [7, 11) is 0. The topological polar surface area (TPSA) is 60.2 Å². The van der Waals surface area contributed by atoms with Crippen LogP contribution in [0.25, 0.3) is 0 Å². The van der Waals surface area contributed by atoms with Gasteiger partial charge in [0.1, 0.15) is 0 Å². The highest BCUT2D eigenvalue weighted by Gasteiger charge is 2.10. The molecule has 0 radical (unpaired) electrons. The number of hydrogen-bond donors (Lipinski definition) is 1. The highest BCUT2D eigenvalue weighted by atomic mass is 16.1. The fourth-order valence-corrected chi connectivity index (χ4v) is 1.75. The third kappa shape index (κ3) is 3.79. The van der Waals surface area contributed by atoms with Gasteiger partial charge in [0, 0.05) is 17.2 Å². The van der Waals surface area contributed by atoms with Gasteiger partial charge in [-0.25, -0.2) is 0 Å². The average molecular weight is 233 g/mol. The van der Waals surface area contributed by atoms with Gasteiger partial charge in [-0.2, -0.15) is 0 Å². The number of rotatable bonds is 5. The van der Waals surface area contributed by atoms with Crippen molar-refractivity contribution in [2.45, 2.75) is 39.7 Å². The molecular weight excluding hydrogens is 214 g/mol. The first-order chi connectivity index (χ1) is 7.91. The van der Waals surface area contributed by atoms with E-state index in [4.69, 9.17) is 5.73 Å². The molecule has 2 N–H and O–H groups in total. The molecule has 0 saturated heterocycles. The van der Waals surface area contributed by atoms with E-state index >= 15 is 0 Å². The molecule has 0 aliphatic heterocycles. The lowest BCUT2D eigenvalue weighted by Crippen LogP contribution is -2.16. The normalized spacial score (nSPS) is 12.2. The van der Waals surface area contributed by atoms with Crippen LogP contribution in [0.1, 0.15) is 53.5 Å². The Bertz CT molecular complexity index is 436. The highest BCUT2D eigenvalue weighted by Crippen LogP contribution is 2.16. The molecule has 1 aromatic rings. The minimum Gasteiger partial charge on any atom is -0.328 e. The van der Waals surface area contributed by atoms with E-state index in [0.29, 0.717) is 11.1 Å². The largest absolute Gasteiger partial charge is 0.328 e. The second-order valence-corrected chi connectivity index (χ2v) is 4.50. The van der Waals surface area contributed by atoms with Gasteiger partial charge in [0.05, 0.1) is 0 Å². The van der Waals surface area contributed by atoms with Crippen molar-refractivity contribution in [3.05, 3.63) is 34.9 Å². The SMILES string of the molecule is CC(=O)c1ccc(C(C)=O)c(CCC(C)N)c1. The quantitative estimate of drug-likeness (QED) is 0.794. The molecule has 0 amide bonds. The maximum Gasteiger partial charge on any atom is 0.160 e. The van der Waals surface area contributed by atoms with Crippen molar-refractivity contribution in [2.24, 2.45) is 5.73 Å². The minimum atomic E-state index is 0.0159. The molecule has 0 bridgehead atoms. The Hall–Kier alpha value is -1.48. The van der Waals surface area contributed by atoms with Crippen LogP contribution in [0.3, 0.4) is 0 Å². The minimum absolute atomic E-state index is 0.0159. The Labute approximate surface area is 102 Å². The molecule has 3 heteroatoms. The van der Waals surface area contributed by atoms with Gasteiger partial charge in [-0.3, -0.25) is 9.59 Å². The summed E-state index contributed by atoms with van der Waals surface area (Å²) < 4.78 is 0. The van der Waals surface area contributed by atoms with Crippen LogP contribution in [0, 0.1) is 0 Å². The van der Waals surface area contributed by atoms with E-state index in [0.717, 1.165) is 18.4 Å². The first-order valence-electron chi connectivity index (χ1n) is 5.82. The maximum atomic E-state index is 11.5. The molecule has 0 heterocycles. The van der Waals surface area contributed by atoms with Crippen LogP contribution < -0.4 is 5.73 Å². The van der Waals surface area contributed by atoms with Gasteiger partial charge in [-0.15, -0.1) is 0 Å². The molecule has 1 aromatic carbocycles. The number of ketones is 2. The number of aryl methyl sites for hydroxylation is 1. The third-order valence-electron chi connectivity index (χ3n) is 2.76. The smallest absolute Gasteiger partial charge is 0.160 e. The van der Waals surface area contributed by atoms with Gasteiger partial charge in [0.15, 0.2) is 11.6 Å². The van der Waals surface area contributed by atoms with E-state index in [1.807, 2.05) is 6.92 Å². The fraction of sp³-hybridized carbons (Fsp3) is 0.429. The van der Waals surface area contributed by atoms with Crippen molar-refractivity contribution < 1.29 is 9.59 Å². The first kappa shape index (κ1) is 13.6. The number of Topliss-reactive ketones (excluding diaryl/α,β-unsaturated/α-hetero) is 2. The zero-order valence-electron chi connectivity index (χ0n) is 10.6. The van der Waals surface area contributed by atoms with Crippen LogP contribution in [-0.2, 0) is 6.42 Å². The van der Waals surface area contributed by atoms with Crippen LogP contribution in [0.2, 0.25) is 0 Å². The Morgan fingerprint density at radius 1 is 1.24 bits per heavy atom. The molecule has 0 fully saturated rings. The molecule has 1 atom stereocenters. The second kappa shape index (κ2) is 5.73. The monoisotopic (exact) mass is 233 g/mol. The van der Waals surface area contributed by atoms with Crippen LogP contribution in [-0.4, -0.2) is 17.6 Å². The van der Waals surface area contributed by atoms with E-state index in [1.54, 1.807) is 18.2 Å². The third-order valence-corrected chi connectivity index (χ3v) is 2.76. The van der Waals surface area contributed by atoms with Crippen molar-refractivity contribution >= 4 is 11.6 Å². The predicted octanol–water partition coefficient (Wildman–Crippen LogP) is 2.37. The molecular formula is C14H19NO2. The van der Waals surface area contributed by atoms with E-state index in [2.05, 4.69) is 0 Å². The lowest BCUT2D eigenvalue weighted by atomic mass is 9.95. The molecule has 0 saturated carbocycles. The number of carbonyl (C=O) groups is 2. The molecule has 1 rings (SSSR count). The van der Waals surface area contributed by atoms with Crippen LogP contribution in [0.5, 0.6) is 0 Å². The van der Waals surface area contributed by atoms with Gasteiger partial charge in [0.2, 0.25) is 0 Å². The van der Waals surface area contributed by atoms with Crippen molar-refractivity contribution in [2.75, 3.05) is 0 Å². The van der Waals surface area contributed by atoms with Crippen molar-refractivity contribution in [1.29, 1.82) is 0 Å². The summed E-state index contributed by atoms with van der Waals surface area (Å²) in [5.41, 5.74) is 7.97. The molecule has 0 aliphatic carbocycles. The Morgan fingerprint density at radius 3 is 2.35 bits per heavy atom. The summed E-state index contributed by atoms with van der Waals surface area (Å²) in [6.45, 7) is 5.00. The lowest BCUT2D eigenvalue weighted by molar-refractivity contribution is 0.100.